The van der Waals surface area contributed by atoms with Gasteiger partial charge < -0.3 is 9.88 Å². The number of para-hydroxylation sites is 1. The van der Waals surface area contributed by atoms with Crippen LogP contribution in [0.25, 0.3) is 33.5 Å². The molecule has 0 unspecified atom stereocenters. The number of carbonyl (C=O) groups excluding carboxylic acids is 1. The van der Waals surface area contributed by atoms with Crippen LogP contribution in [-0.4, -0.2) is 32.6 Å². The number of imidazole rings is 1. The van der Waals surface area contributed by atoms with Crippen molar-refractivity contribution in [2.24, 2.45) is 0 Å². The number of aromatic amines is 2. The lowest BCUT2D eigenvalue weighted by molar-refractivity contribution is -0.121. The molecule has 2 N–H and O–H groups in total. The van der Waals surface area contributed by atoms with E-state index in [1.54, 1.807) is 11.0 Å². The molecule has 0 aliphatic carbocycles. The number of aromatic nitrogens is 4. The van der Waals surface area contributed by atoms with Crippen molar-refractivity contribution in [1.29, 1.82) is 0 Å². The summed E-state index contributed by atoms with van der Waals surface area (Å²) < 4.78 is 0. The van der Waals surface area contributed by atoms with E-state index >= 15 is 0 Å². The molecule has 0 saturated heterocycles. The van der Waals surface area contributed by atoms with Crippen LogP contribution in [0.4, 0.5) is 5.69 Å². The number of hydrogen-bond acceptors (Lipinski definition) is 3. The van der Waals surface area contributed by atoms with Gasteiger partial charge in [0.2, 0.25) is 5.91 Å². The van der Waals surface area contributed by atoms with Crippen molar-refractivity contribution in [1.82, 2.24) is 20.2 Å². The fourth-order valence-corrected chi connectivity index (χ4v) is 3.90. The maximum atomic E-state index is 12.8. The summed E-state index contributed by atoms with van der Waals surface area (Å²) in [6, 6.07) is 12.0. The second-order valence-corrected chi connectivity index (χ2v) is 7.42. The highest BCUT2D eigenvalue weighted by Gasteiger charge is 2.43. The molecule has 3 heterocycles. The Labute approximate surface area is 155 Å². The van der Waals surface area contributed by atoms with Crippen LogP contribution in [-0.2, 0) is 10.2 Å². The Morgan fingerprint density at radius 1 is 1.22 bits per heavy atom. The predicted octanol–water partition coefficient (Wildman–Crippen LogP) is 3.92. The molecule has 0 radical (unpaired) electrons. The molecule has 2 aromatic heterocycles. The van der Waals surface area contributed by atoms with Crippen LogP contribution in [0.15, 0.2) is 49.1 Å². The van der Waals surface area contributed by atoms with Gasteiger partial charge in [0.15, 0.2) is 5.82 Å². The minimum atomic E-state index is -0.579. The van der Waals surface area contributed by atoms with Gasteiger partial charge in [-0.3, -0.25) is 9.89 Å². The smallest absolute Gasteiger partial charge is 0.237 e. The first kappa shape index (κ1) is 15.8. The SMILES string of the molecule is C=CCN1C(=O)C(C)(C)c2cc3nc(-c4n[nH]c5ccccc45)[nH]c3cc21. The van der Waals surface area contributed by atoms with Crippen LogP contribution in [0.5, 0.6) is 0 Å². The molecular weight excluding hydrogens is 338 g/mol. The third-order valence-electron chi connectivity index (χ3n) is 5.35. The molecule has 0 bridgehead atoms. The zero-order chi connectivity index (χ0) is 18.8. The largest absolute Gasteiger partial charge is 0.337 e. The summed E-state index contributed by atoms with van der Waals surface area (Å²) in [6.07, 6.45) is 1.75. The molecule has 6 heteroatoms. The van der Waals surface area contributed by atoms with Crippen LogP contribution in [0.3, 0.4) is 0 Å². The Bertz CT molecular complexity index is 1230. The number of H-pyrrole nitrogens is 2. The Morgan fingerprint density at radius 2 is 2.04 bits per heavy atom. The van der Waals surface area contributed by atoms with Crippen LogP contribution in [0.2, 0.25) is 0 Å². The molecule has 1 aliphatic rings. The highest BCUT2D eigenvalue weighted by atomic mass is 16.2. The van der Waals surface area contributed by atoms with Crippen LogP contribution < -0.4 is 4.90 Å². The van der Waals surface area contributed by atoms with E-state index in [9.17, 15) is 4.79 Å². The van der Waals surface area contributed by atoms with Crippen molar-refractivity contribution in [3.05, 3.63) is 54.6 Å². The van der Waals surface area contributed by atoms with Gasteiger partial charge >= 0.3 is 0 Å². The summed E-state index contributed by atoms with van der Waals surface area (Å²) in [4.78, 5) is 22.7. The average Bonchev–Trinajstić information content (AvgIpc) is 3.31. The normalized spacial score (nSPS) is 15.6. The number of nitrogens with zero attached hydrogens (tertiary/aromatic N) is 3. The molecule has 5 rings (SSSR count). The first-order chi connectivity index (χ1) is 13.0. The number of amides is 1. The summed E-state index contributed by atoms with van der Waals surface area (Å²) in [5.41, 5.74) is 4.81. The molecular formula is C21H19N5O. The summed E-state index contributed by atoms with van der Waals surface area (Å²) in [7, 11) is 0. The molecule has 27 heavy (non-hydrogen) atoms. The monoisotopic (exact) mass is 357 g/mol. The average molecular weight is 357 g/mol. The number of carbonyl (C=O) groups is 1. The lowest BCUT2D eigenvalue weighted by atomic mass is 9.86. The quantitative estimate of drug-likeness (QED) is 0.546. The van der Waals surface area contributed by atoms with E-state index in [1.807, 2.05) is 50.2 Å². The highest BCUT2D eigenvalue weighted by molar-refractivity contribution is 6.09. The number of nitrogens with one attached hydrogen (secondary N) is 2. The third-order valence-corrected chi connectivity index (χ3v) is 5.35. The lowest BCUT2D eigenvalue weighted by Crippen LogP contribution is -2.36. The molecule has 134 valence electrons. The molecule has 4 aromatic rings. The van der Waals surface area contributed by atoms with Gasteiger partial charge in [-0.1, -0.05) is 24.3 Å². The Morgan fingerprint density at radius 3 is 2.85 bits per heavy atom. The molecule has 6 nitrogen and oxygen atoms in total. The second kappa shape index (κ2) is 5.30. The summed E-state index contributed by atoms with van der Waals surface area (Å²) >= 11 is 0. The molecule has 0 spiro atoms. The van der Waals surface area contributed by atoms with Crippen LogP contribution in [0.1, 0.15) is 19.4 Å². The fourth-order valence-electron chi connectivity index (χ4n) is 3.90. The Balaban J connectivity index is 1.70. The Hall–Kier alpha value is -3.41. The van der Waals surface area contributed by atoms with Crippen molar-refractivity contribution < 1.29 is 4.79 Å². The summed E-state index contributed by atoms with van der Waals surface area (Å²) in [5, 5.41) is 8.49. The number of rotatable bonds is 3. The van der Waals surface area contributed by atoms with Crippen molar-refractivity contribution >= 4 is 33.5 Å². The predicted molar refractivity (Wildman–Crippen MR) is 107 cm³/mol. The van der Waals surface area contributed by atoms with Gasteiger partial charge in [-0.15, -0.1) is 6.58 Å². The molecule has 0 fully saturated rings. The maximum Gasteiger partial charge on any atom is 0.237 e. The fraction of sp³-hybridized carbons (Fsp3) is 0.190. The van der Waals surface area contributed by atoms with E-state index in [1.165, 1.54) is 0 Å². The van der Waals surface area contributed by atoms with Gasteiger partial charge in [-0.25, -0.2) is 4.98 Å². The standard InChI is InChI=1S/C21H19N5O/c1-4-9-26-17-11-16-15(10-13(17)21(2,3)20(26)27)22-19(23-16)18-12-7-5-6-8-14(12)24-25-18/h4-8,10-11H,1,9H2,2-3H3,(H,22,23)(H,24,25). The number of anilines is 1. The van der Waals surface area contributed by atoms with Gasteiger partial charge in [-0.05, 0) is 37.6 Å². The molecule has 0 saturated carbocycles. The van der Waals surface area contributed by atoms with Crippen molar-refractivity contribution in [3.8, 4) is 11.5 Å². The molecule has 1 aliphatic heterocycles. The van der Waals surface area contributed by atoms with Crippen LogP contribution >= 0.6 is 0 Å². The van der Waals surface area contributed by atoms with Crippen molar-refractivity contribution in [3.63, 3.8) is 0 Å². The third kappa shape index (κ3) is 2.10. The van der Waals surface area contributed by atoms with E-state index in [4.69, 9.17) is 4.98 Å². The topological polar surface area (TPSA) is 77.7 Å². The van der Waals surface area contributed by atoms with Gasteiger partial charge in [0, 0.05) is 11.9 Å². The zero-order valence-electron chi connectivity index (χ0n) is 15.2. The number of fused-ring (bicyclic) bond motifs is 3. The van der Waals surface area contributed by atoms with Gasteiger partial charge in [0.1, 0.15) is 5.69 Å². The number of benzene rings is 2. The van der Waals surface area contributed by atoms with Gasteiger partial charge in [-0.2, -0.15) is 5.10 Å². The van der Waals surface area contributed by atoms with E-state index in [-0.39, 0.29) is 5.91 Å². The first-order valence-electron chi connectivity index (χ1n) is 8.91. The minimum Gasteiger partial charge on any atom is -0.337 e. The van der Waals surface area contributed by atoms with E-state index < -0.39 is 5.41 Å². The van der Waals surface area contributed by atoms with Crippen molar-refractivity contribution in [2.45, 2.75) is 19.3 Å². The van der Waals surface area contributed by atoms with Gasteiger partial charge in [0.25, 0.3) is 0 Å². The zero-order valence-corrected chi connectivity index (χ0v) is 15.2. The van der Waals surface area contributed by atoms with Crippen molar-refractivity contribution in [2.75, 3.05) is 11.4 Å². The molecule has 0 atom stereocenters. The summed E-state index contributed by atoms with van der Waals surface area (Å²) in [6.45, 7) is 8.19. The number of hydrogen-bond donors (Lipinski definition) is 2. The first-order valence-corrected chi connectivity index (χ1v) is 8.91. The minimum absolute atomic E-state index is 0.0866. The highest BCUT2D eigenvalue weighted by Crippen LogP contribution is 2.43. The molecule has 1 amide bonds. The second-order valence-electron chi connectivity index (χ2n) is 7.42. The van der Waals surface area contributed by atoms with Gasteiger partial charge in [0.05, 0.1) is 27.7 Å². The van der Waals surface area contributed by atoms with Crippen LogP contribution in [0, 0.1) is 0 Å². The summed E-state index contributed by atoms with van der Waals surface area (Å²) in [5.74, 6) is 0.800. The van der Waals surface area contributed by atoms with E-state index in [0.29, 0.717) is 12.4 Å². The van der Waals surface area contributed by atoms with E-state index in [2.05, 4.69) is 21.8 Å². The Kier molecular flexibility index (Phi) is 3.10. The van der Waals surface area contributed by atoms with E-state index in [0.717, 1.165) is 38.9 Å². The maximum absolute atomic E-state index is 12.8. The molecule has 2 aromatic carbocycles. The lowest BCUT2D eigenvalue weighted by Gasteiger charge is -2.18.